The molecule has 0 amide bonds. The average Bonchev–Trinajstić information content (AvgIpc) is 2.01. The van der Waals surface area contributed by atoms with E-state index in [2.05, 4.69) is 4.98 Å². The molecule has 0 atom stereocenters. The molecule has 14 heavy (non-hydrogen) atoms. The van der Waals surface area contributed by atoms with Crippen molar-refractivity contribution in [2.45, 2.75) is 27.7 Å². The Kier molecular flexibility index (Phi) is 3.71. The summed E-state index contributed by atoms with van der Waals surface area (Å²) in [5, 5.41) is 10.7. The highest BCUT2D eigenvalue weighted by Crippen LogP contribution is 2.25. The minimum Gasteiger partial charge on any atom is -0.412 e. The summed E-state index contributed by atoms with van der Waals surface area (Å²) in [6.45, 7) is 7.03. The second-order valence-electron chi connectivity index (χ2n) is 3.14. The molecule has 0 radical (unpaired) electrons. The van der Waals surface area contributed by atoms with Crippen molar-refractivity contribution in [1.82, 2.24) is 4.98 Å². The molecule has 2 N–H and O–H groups in total. The molecule has 1 aromatic rings. The Morgan fingerprint density at radius 1 is 1.07 bits per heavy atom. The van der Waals surface area contributed by atoms with Gasteiger partial charge in [0.05, 0.1) is 4.92 Å². The summed E-state index contributed by atoms with van der Waals surface area (Å²) in [6.07, 6.45) is 0. The SMILES string of the molecule is Cc1nc(C)c(C)c([N+](=O)[O-])c1C.O. The summed E-state index contributed by atoms with van der Waals surface area (Å²) in [5.74, 6) is 0. The minimum absolute atomic E-state index is 0. The van der Waals surface area contributed by atoms with Gasteiger partial charge in [0.1, 0.15) is 0 Å². The third-order valence-electron chi connectivity index (χ3n) is 2.31. The molecule has 1 rings (SSSR count). The van der Waals surface area contributed by atoms with E-state index in [-0.39, 0.29) is 16.1 Å². The van der Waals surface area contributed by atoms with E-state index in [0.717, 1.165) is 11.4 Å². The van der Waals surface area contributed by atoms with Crippen molar-refractivity contribution in [2.24, 2.45) is 0 Å². The summed E-state index contributed by atoms with van der Waals surface area (Å²) < 4.78 is 0. The van der Waals surface area contributed by atoms with Crippen molar-refractivity contribution in [3.05, 3.63) is 32.6 Å². The first-order valence-corrected chi connectivity index (χ1v) is 4.04. The molecule has 0 saturated heterocycles. The Hall–Kier alpha value is -1.49. The van der Waals surface area contributed by atoms with Crippen LogP contribution in [0, 0.1) is 37.8 Å². The molecule has 0 bridgehead atoms. The van der Waals surface area contributed by atoms with Crippen molar-refractivity contribution < 1.29 is 10.4 Å². The van der Waals surface area contributed by atoms with E-state index in [0.29, 0.717) is 11.1 Å². The number of nitrogens with zero attached hydrogens (tertiary/aromatic N) is 2. The molecular weight excluding hydrogens is 184 g/mol. The Morgan fingerprint density at radius 3 is 1.71 bits per heavy atom. The van der Waals surface area contributed by atoms with E-state index < -0.39 is 0 Å². The molecule has 0 spiro atoms. The second-order valence-corrected chi connectivity index (χ2v) is 3.14. The van der Waals surface area contributed by atoms with Crippen LogP contribution in [0.3, 0.4) is 0 Å². The monoisotopic (exact) mass is 198 g/mol. The van der Waals surface area contributed by atoms with Gasteiger partial charge in [0.25, 0.3) is 5.69 Å². The van der Waals surface area contributed by atoms with Crippen molar-refractivity contribution in [3.8, 4) is 0 Å². The topological polar surface area (TPSA) is 87.5 Å². The van der Waals surface area contributed by atoms with Gasteiger partial charge >= 0.3 is 0 Å². The van der Waals surface area contributed by atoms with Crippen LogP contribution in [0.15, 0.2) is 0 Å². The zero-order valence-electron chi connectivity index (χ0n) is 8.71. The molecular formula is C9H14N2O3. The number of nitro groups is 1. The summed E-state index contributed by atoms with van der Waals surface area (Å²) >= 11 is 0. The van der Waals surface area contributed by atoms with E-state index in [1.807, 2.05) is 0 Å². The lowest BCUT2D eigenvalue weighted by Crippen LogP contribution is -2.02. The Labute approximate surface area is 82.2 Å². The molecule has 0 aromatic carbocycles. The Morgan fingerprint density at radius 2 is 1.43 bits per heavy atom. The fraction of sp³-hybridized carbons (Fsp3) is 0.444. The first kappa shape index (κ1) is 12.5. The van der Waals surface area contributed by atoms with E-state index >= 15 is 0 Å². The molecule has 1 aromatic heterocycles. The Bertz CT molecular complexity index is 349. The van der Waals surface area contributed by atoms with Gasteiger partial charge in [0.2, 0.25) is 0 Å². The van der Waals surface area contributed by atoms with E-state index in [1.54, 1.807) is 27.7 Å². The lowest BCUT2D eigenvalue weighted by Gasteiger charge is -2.06. The van der Waals surface area contributed by atoms with Crippen LogP contribution >= 0.6 is 0 Å². The maximum atomic E-state index is 10.7. The van der Waals surface area contributed by atoms with Gasteiger partial charge in [-0.25, -0.2) is 0 Å². The third kappa shape index (κ3) is 1.88. The fourth-order valence-corrected chi connectivity index (χ4v) is 1.32. The quantitative estimate of drug-likeness (QED) is 0.504. The van der Waals surface area contributed by atoms with Crippen LogP contribution in [0.1, 0.15) is 22.5 Å². The van der Waals surface area contributed by atoms with E-state index in [9.17, 15) is 10.1 Å². The first-order chi connectivity index (χ1) is 5.95. The zero-order valence-corrected chi connectivity index (χ0v) is 8.71. The molecule has 0 aliphatic carbocycles. The van der Waals surface area contributed by atoms with E-state index in [4.69, 9.17) is 0 Å². The molecule has 0 aliphatic rings. The molecule has 0 unspecified atom stereocenters. The molecule has 0 aliphatic heterocycles. The number of aromatic nitrogens is 1. The van der Waals surface area contributed by atoms with Gasteiger partial charge in [0.15, 0.2) is 0 Å². The maximum absolute atomic E-state index is 10.7. The number of rotatable bonds is 1. The highest BCUT2D eigenvalue weighted by atomic mass is 16.6. The minimum atomic E-state index is -0.341. The lowest BCUT2D eigenvalue weighted by atomic mass is 10.1. The van der Waals surface area contributed by atoms with Gasteiger partial charge in [-0.1, -0.05) is 0 Å². The van der Waals surface area contributed by atoms with Crippen LogP contribution in [-0.2, 0) is 0 Å². The molecule has 0 saturated carbocycles. The number of pyridine rings is 1. The van der Waals surface area contributed by atoms with Gasteiger partial charge in [-0.3, -0.25) is 15.1 Å². The molecule has 5 nitrogen and oxygen atoms in total. The normalized spacial score (nSPS) is 9.43. The second kappa shape index (κ2) is 4.15. The van der Waals surface area contributed by atoms with Gasteiger partial charge in [-0.2, -0.15) is 0 Å². The predicted octanol–water partition coefficient (Wildman–Crippen LogP) is 1.40. The average molecular weight is 198 g/mol. The van der Waals surface area contributed by atoms with Gasteiger partial charge in [-0.05, 0) is 27.7 Å². The van der Waals surface area contributed by atoms with Gasteiger partial charge in [0, 0.05) is 22.5 Å². The van der Waals surface area contributed by atoms with Gasteiger partial charge in [-0.15, -0.1) is 0 Å². The molecule has 5 heteroatoms. The van der Waals surface area contributed by atoms with Crippen molar-refractivity contribution in [3.63, 3.8) is 0 Å². The van der Waals surface area contributed by atoms with Crippen LogP contribution in [0.5, 0.6) is 0 Å². The largest absolute Gasteiger partial charge is 0.412 e. The number of aryl methyl sites for hydroxylation is 2. The summed E-state index contributed by atoms with van der Waals surface area (Å²) in [4.78, 5) is 14.6. The third-order valence-corrected chi connectivity index (χ3v) is 2.31. The predicted molar refractivity (Wildman–Crippen MR) is 53.5 cm³/mol. The summed E-state index contributed by atoms with van der Waals surface area (Å²) in [6, 6.07) is 0. The van der Waals surface area contributed by atoms with Crippen LogP contribution < -0.4 is 0 Å². The maximum Gasteiger partial charge on any atom is 0.278 e. The first-order valence-electron chi connectivity index (χ1n) is 4.04. The lowest BCUT2D eigenvalue weighted by molar-refractivity contribution is -0.386. The number of hydrogen-bond donors (Lipinski definition) is 0. The van der Waals surface area contributed by atoms with Crippen LogP contribution in [0.2, 0.25) is 0 Å². The van der Waals surface area contributed by atoms with Crippen LogP contribution in [0.25, 0.3) is 0 Å². The van der Waals surface area contributed by atoms with E-state index in [1.165, 1.54) is 0 Å². The van der Waals surface area contributed by atoms with Crippen molar-refractivity contribution in [2.75, 3.05) is 0 Å². The fourth-order valence-electron chi connectivity index (χ4n) is 1.32. The summed E-state index contributed by atoms with van der Waals surface area (Å²) in [5.41, 5.74) is 2.98. The zero-order chi connectivity index (χ0) is 10.2. The smallest absolute Gasteiger partial charge is 0.278 e. The molecule has 0 fully saturated rings. The Balaban J connectivity index is 0.00000169. The van der Waals surface area contributed by atoms with Gasteiger partial charge < -0.3 is 5.48 Å². The van der Waals surface area contributed by atoms with Crippen LogP contribution in [-0.4, -0.2) is 15.4 Å². The highest BCUT2D eigenvalue weighted by Gasteiger charge is 2.18. The standard InChI is InChI=1S/C9H12N2O2.H2O/c1-5-7(3)10-8(4)6(2)9(5)11(12)13;/h1-4H3;1H2. The molecule has 78 valence electrons. The number of hydrogen-bond acceptors (Lipinski definition) is 3. The van der Waals surface area contributed by atoms with Crippen molar-refractivity contribution >= 4 is 5.69 Å². The highest BCUT2D eigenvalue weighted by molar-refractivity contribution is 5.49. The van der Waals surface area contributed by atoms with Crippen molar-refractivity contribution in [1.29, 1.82) is 0 Å². The molecule has 1 heterocycles. The van der Waals surface area contributed by atoms with Crippen LogP contribution in [0.4, 0.5) is 5.69 Å². The summed E-state index contributed by atoms with van der Waals surface area (Å²) in [7, 11) is 0.